The van der Waals surface area contributed by atoms with Crippen LogP contribution in [0.15, 0.2) is 48.5 Å². The van der Waals surface area contributed by atoms with E-state index in [1.54, 1.807) is 4.90 Å². The Labute approximate surface area is 206 Å². The van der Waals surface area contributed by atoms with E-state index in [0.29, 0.717) is 36.4 Å². The molecule has 7 nitrogen and oxygen atoms in total. The summed E-state index contributed by atoms with van der Waals surface area (Å²) in [4.78, 5) is 43.8. The van der Waals surface area contributed by atoms with E-state index in [1.165, 1.54) is 11.1 Å². The van der Waals surface area contributed by atoms with Gasteiger partial charge in [0.15, 0.2) is 0 Å². The molecule has 4 unspecified atom stereocenters. The summed E-state index contributed by atoms with van der Waals surface area (Å²) in [6.45, 7) is 4.64. The molecule has 0 radical (unpaired) electrons. The average molecular weight is 473 g/mol. The minimum atomic E-state index is -0.565. The van der Waals surface area contributed by atoms with Crippen molar-refractivity contribution >= 4 is 17.7 Å². The molecule has 4 saturated heterocycles. The summed E-state index contributed by atoms with van der Waals surface area (Å²) in [5.74, 6) is 0.278. The first-order valence-corrected chi connectivity index (χ1v) is 12.7. The van der Waals surface area contributed by atoms with E-state index in [2.05, 4.69) is 64.6 Å². The summed E-state index contributed by atoms with van der Waals surface area (Å²) >= 11 is 0. The Hall–Kier alpha value is -3.03. The highest BCUT2D eigenvalue weighted by Crippen LogP contribution is 2.41. The summed E-state index contributed by atoms with van der Waals surface area (Å²) in [5.41, 5.74) is 4.37. The number of imide groups is 1. The topological polar surface area (TPSA) is 73.0 Å². The maximum Gasteiger partial charge on any atom is 0.255 e. The number of likely N-dealkylation sites (N-methyl/N-ethyl adjacent to an activating group) is 1. The van der Waals surface area contributed by atoms with E-state index >= 15 is 0 Å². The third kappa shape index (κ3) is 4.17. The zero-order valence-electron chi connectivity index (χ0n) is 20.2. The molecule has 5 heterocycles. The van der Waals surface area contributed by atoms with Gasteiger partial charge in [-0.05, 0) is 54.5 Å². The zero-order chi connectivity index (χ0) is 24.1. The van der Waals surface area contributed by atoms with E-state index in [4.69, 9.17) is 0 Å². The number of nitrogens with zero attached hydrogens (tertiary/aromatic N) is 3. The van der Waals surface area contributed by atoms with Crippen LogP contribution in [-0.4, -0.2) is 71.2 Å². The van der Waals surface area contributed by atoms with Crippen LogP contribution in [0.5, 0.6) is 0 Å². The lowest BCUT2D eigenvalue weighted by Gasteiger charge is -2.39. The summed E-state index contributed by atoms with van der Waals surface area (Å²) in [6.07, 6.45) is 1.79. The smallest absolute Gasteiger partial charge is 0.255 e. The minimum absolute atomic E-state index is 0.0998. The monoisotopic (exact) mass is 472 g/mol. The maximum absolute atomic E-state index is 13.1. The third-order valence-corrected chi connectivity index (χ3v) is 8.43. The fourth-order valence-electron chi connectivity index (χ4n) is 6.62. The van der Waals surface area contributed by atoms with Crippen molar-refractivity contribution in [3.05, 3.63) is 70.8 Å². The summed E-state index contributed by atoms with van der Waals surface area (Å²) < 4.78 is 0. The molecule has 0 spiro atoms. The molecule has 4 atom stereocenters. The molecule has 0 aromatic heterocycles. The van der Waals surface area contributed by atoms with Gasteiger partial charge in [0.1, 0.15) is 6.04 Å². The lowest BCUT2D eigenvalue weighted by Crippen LogP contribution is -2.52. The van der Waals surface area contributed by atoms with E-state index in [1.807, 2.05) is 6.07 Å². The standard InChI is InChI=1S/C28H32N4O3/c1-30-14-21-15-31(13-18-5-3-2-4-6-18)17-22(30)12-24(21)19-7-8-23-20(11-19)16-32(28(23)35)25-9-10-26(33)29-27(25)34/h2-8,11,21-22,24-25H,9-10,12-17H2,1H3,(H,29,33,34). The van der Waals surface area contributed by atoms with Gasteiger partial charge in [0.2, 0.25) is 11.8 Å². The second-order valence-corrected chi connectivity index (χ2v) is 10.7. The highest BCUT2D eigenvalue weighted by atomic mass is 16.2. The van der Waals surface area contributed by atoms with Crippen LogP contribution in [0.2, 0.25) is 0 Å². The number of piperidine rings is 2. The first-order valence-electron chi connectivity index (χ1n) is 12.7. The molecule has 1 N–H and O–H groups in total. The van der Waals surface area contributed by atoms with Crippen LogP contribution in [-0.2, 0) is 22.7 Å². The molecule has 2 aromatic rings. The number of carbonyl (C=O) groups is 3. The molecule has 3 amide bonds. The molecule has 35 heavy (non-hydrogen) atoms. The van der Waals surface area contributed by atoms with Crippen molar-refractivity contribution in [2.45, 2.75) is 50.4 Å². The van der Waals surface area contributed by atoms with Gasteiger partial charge >= 0.3 is 0 Å². The van der Waals surface area contributed by atoms with Gasteiger partial charge in [-0.25, -0.2) is 0 Å². The van der Waals surface area contributed by atoms with Gasteiger partial charge in [-0.15, -0.1) is 0 Å². The highest BCUT2D eigenvalue weighted by Gasteiger charge is 2.42. The number of fused-ring (bicyclic) bond motifs is 5. The SMILES string of the molecule is CN1CC2CN(Cc3ccccc3)CC1CC2c1ccc2c(c1)CN(C1CCC(=O)NC1=O)C2=O. The predicted molar refractivity (Wildman–Crippen MR) is 131 cm³/mol. The van der Waals surface area contributed by atoms with Crippen molar-refractivity contribution in [2.24, 2.45) is 5.92 Å². The van der Waals surface area contributed by atoms with E-state index in [9.17, 15) is 14.4 Å². The van der Waals surface area contributed by atoms with Crippen molar-refractivity contribution in [1.82, 2.24) is 20.0 Å². The molecular formula is C28H32N4O3. The summed E-state index contributed by atoms with van der Waals surface area (Å²) in [7, 11) is 2.25. The van der Waals surface area contributed by atoms with Crippen LogP contribution >= 0.6 is 0 Å². The molecule has 7 heteroatoms. The van der Waals surface area contributed by atoms with Crippen LogP contribution in [0.3, 0.4) is 0 Å². The van der Waals surface area contributed by atoms with Crippen molar-refractivity contribution in [2.75, 3.05) is 26.7 Å². The molecule has 0 aliphatic carbocycles. The molecule has 2 aromatic carbocycles. The number of hydrogen-bond donors (Lipinski definition) is 1. The lowest BCUT2D eigenvalue weighted by molar-refractivity contribution is -0.136. The Bertz CT molecular complexity index is 1170. The first-order chi connectivity index (χ1) is 17.0. The highest BCUT2D eigenvalue weighted by molar-refractivity contribution is 6.05. The Morgan fingerprint density at radius 3 is 2.63 bits per heavy atom. The quantitative estimate of drug-likeness (QED) is 0.692. The Balaban J connectivity index is 1.21. The second-order valence-electron chi connectivity index (χ2n) is 10.7. The average Bonchev–Trinajstić information content (AvgIpc) is 2.96. The fourth-order valence-corrected chi connectivity index (χ4v) is 6.62. The zero-order valence-corrected chi connectivity index (χ0v) is 20.2. The van der Waals surface area contributed by atoms with Crippen molar-refractivity contribution in [3.63, 3.8) is 0 Å². The Morgan fingerprint density at radius 1 is 1.00 bits per heavy atom. The van der Waals surface area contributed by atoms with Gasteiger partial charge in [0.05, 0.1) is 0 Å². The maximum atomic E-state index is 13.1. The van der Waals surface area contributed by atoms with E-state index in [0.717, 1.165) is 38.2 Å². The summed E-state index contributed by atoms with van der Waals surface area (Å²) in [6, 6.07) is 17.0. The minimum Gasteiger partial charge on any atom is -0.322 e. The Morgan fingerprint density at radius 2 is 1.83 bits per heavy atom. The fraction of sp³-hybridized carbons (Fsp3) is 0.464. The van der Waals surface area contributed by atoms with Gasteiger partial charge in [-0.2, -0.15) is 0 Å². The number of carbonyl (C=O) groups excluding carboxylic acids is 3. The number of nitrogens with one attached hydrogen (secondary N) is 1. The van der Waals surface area contributed by atoms with Crippen molar-refractivity contribution in [3.8, 4) is 0 Å². The van der Waals surface area contributed by atoms with Gasteiger partial charge in [-0.3, -0.25) is 24.6 Å². The second kappa shape index (κ2) is 8.88. The third-order valence-electron chi connectivity index (χ3n) is 8.43. The number of hydrogen-bond acceptors (Lipinski definition) is 5. The first kappa shape index (κ1) is 22.4. The molecule has 4 fully saturated rings. The van der Waals surface area contributed by atoms with Gasteiger partial charge in [0, 0.05) is 50.7 Å². The van der Waals surface area contributed by atoms with Crippen LogP contribution in [0.1, 0.15) is 52.2 Å². The van der Waals surface area contributed by atoms with E-state index < -0.39 is 6.04 Å². The number of rotatable bonds is 4. The Kier molecular flexibility index (Phi) is 5.69. The normalized spacial score (nSPS) is 29.3. The predicted octanol–water partition coefficient (Wildman–Crippen LogP) is 2.37. The largest absolute Gasteiger partial charge is 0.322 e. The van der Waals surface area contributed by atoms with Gasteiger partial charge in [0.25, 0.3) is 5.91 Å². The van der Waals surface area contributed by atoms with Crippen molar-refractivity contribution < 1.29 is 14.4 Å². The lowest BCUT2D eigenvalue weighted by atomic mass is 9.78. The van der Waals surface area contributed by atoms with Crippen molar-refractivity contribution in [1.29, 1.82) is 0 Å². The van der Waals surface area contributed by atoms with E-state index in [-0.39, 0.29) is 24.1 Å². The molecule has 0 saturated carbocycles. The molecular weight excluding hydrogens is 440 g/mol. The van der Waals surface area contributed by atoms with Crippen LogP contribution < -0.4 is 5.32 Å². The van der Waals surface area contributed by atoms with Gasteiger partial charge < -0.3 is 9.80 Å². The molecule has 182 valence electrons. The molecule has 5 aliphatic rings. The van der Waals surface area contributed by atoms with Crippen LogP contribution in [0, 0.1) is 5.92 Å². The van der Waals surface area contributed by atoms with Crippen LogP contribution in [0.4, 0.5) is 0 Å². The summed E-state index contributed by atoms with van der Waals surface area (Å²) in [5, 5.41) is 2.39. The number of amides is 3. The molecule has 7 rings (SSSR count). The molecule has 5 aliphatic heterocycles. The van der Waals surface area contributed by atoms with Gasteiger partial charge in [-0.1, -0.05) is 42.5 Å². The van der Waals surface area contributed by atoms with Crippen LogP contribution in [0.25, 0.3) is 0 Å². The number of benzene rings is 2. The molecule has 2 bridgehead atoms.